The molecule has 136 valence electrons. The lowest BCUT2D eigenvalue weighted by atomic mass is 9.89. The Morgan fingerprint density at radius 3 is 3.08 bits per heavy atom. The molecule has 2 amide bonds. The van der Waals surface area contributed by atoms with Gasteiger partial charge in [-0.2, -0.15) is 4.98 Å². The van der Waals surface area contributed by atoms with Gasteiger partial charge in [-0.25, -0.2) is 0 Å². The van der Waals surface area contributed by atoms with Crippen molar-refractivity contribution in [1.29, 1.82) is 0 Å². The molecule has 2 unspecified atom stereocenters. The Balaban J connectivity index is 1.39. The van der Waals surface area contributed by atoms with Gasteiger partial charge in [0, 0.05) is 24.6 Å². The van der Waals surface area contributed by atoms with Crippen LogP contribution in [0.25, 0.3) is 0 Å². The molecule has 2 aromatic rings. The summed E-state index contributed by atoms with van der Waals surface area (Å²) in [7, 11) is 0. The number of carbonyl (C=O) groups is 2. The van der Waals surface area contributed by atoms with E-state index in [9.17, 15) is 9.59 Å². The maximum atomic E-state index is 12.8. The molecule has 0 spiro atoms. The number of nitrogens with zero attached hydrogens (tertiary/aromatic N) is 3. The van der Waals surface area contributed by atoms with Crippen LogP contribution in [0.5, 0.6) is 0 Å². The first-order chi connectivity index (χ1) is 12.7. The van der Waals surface area contributed by atoms with E-state index < -0.39 is 0 Å². The molecule has 2 atom stereocenters. The summed E-state index contributed by atoms with van der Waals surface area (Å²) in [5.41, 5.74) is 1.98. The molecule has 4 rings (SSSR count). The van der Waals surface area contributed by atoms with Crippen LogP contribution >= 0.6 is 0 Å². The van der Waals surface area contributed by atoms with Crippen molar-refractivity contribution in [2.75, 3.05) is 25.1 Å². The number of nitrogens with one attached hydrogen (secondary N) is 1. The summed E-state index contributed by atoms with van der Waals surface area (Å²) in [4.78, 5) is 30.8. The van der Waals surface area contributed by atoms with Crippen molar-refractivity contribution in [2.24, 2.45) is 5.92 Å². The zero-order valence-corrected chi connectivity index (χ0v) is 14.3. The molecule has 1 fully saturated rings. The van der Waals surface area contributed by atoms with E-state index in [1.54, 1.807) is 4.90 Å². The van der Waals surface area contributed by atoms with Gasteiger partial charge in [0.05, 0.1) is 13.2 Å². The highest BCUT2D eigenvalue weighted by Crippen LogP contribution is 2.29. The van der Waals surface area contributed by atoms with Crippen LogP contribution in [0.1, 0.15) is 30.3 Å². The second-order valence-corrected chi connectivity index (χ2v) is 6.55. The number of fused-ring (bicyclic) bond motifs is 1. The van der Waals surface area contributed by atoms with E-state index in [1.807, 2.05) is 24.3 Å². The molecule has 0 aliphatic carbocycles. The maximum absolute atomic E-state index is 12.8. The van der Waals surface area contributed by atoms with Crippen molar-refractivity contribution in [3.63, 3.8) is 0 Å². The topological polar surface area (TPSA) is 97.6 Å². The smallest absolute Gasteiger partial charge is 0.227 e. The number of aromatic nitrogens is 2. The standard InChI is InChI=1S/C18H20N4O4/c23-16(22-7-8-25-10-15(22)17-19-11-26-21-17)6-5-13-9-12-3-1-2-4-14(12)20-18(13)24/h1-4,11,13,15H,5-10H2,(H,20,24). The second-order valence-electron chi connectivity index (χ2n) is 6.55. The van der Waals surface area contributed by atoms with E-state index >= 15 is 0 Å². The van der Waals surface area contributed by atoms with Crippen molar-refractivity contribution < 1.29 is 18.8 Å². The van der Waals surface area contributed by atoms with E-state index in [4.69, 9.17) is 9.26 Å². The minimum absolute atomic E-state index is 0.0187. The second kappa shape index (κ2) is 7.25. The van der Waals surface area contributed by atoms with Crippen molar-refractivity contribution in [1.82, 2.24) is 15.0 Å². The summed E-state index contributed by atoms with van der Waals surface area (Å²) in [6.45, 7) is 1.32. The molecule has 1 saturated heterocycles. The SMILES string of the molecule is O=C1Nc2ccccc2CC1CCC(=O)N1CCOCC1c1ncon1. The van der Waals surface area contributed by atoms with Gasteiger partial charge >= 0.3 is 0 Å². The Morgan fingerprint density at radius 1 is 1.35 bits per heavy atom. The summed E-state index contributed by atoms with van der Waals surface area (Å²) in [5, 5.41) is 6.76. The average Bonchev–Trinajstić information content (AvgIpc) is 3.20. The highest BCUT2D eigenvalue weighted by molar-refractivity contribution is 5.96. The number of morpholine rings is 1. The molecule has 0 radical (unpaired) electrons. The van der Waals surface area contributed by atoms with Gasteiger partial charge in [0.2, 0.25) is 18.2 Å². The Kier molecular flexibility index (Phi) is 4.66. The molecule has 2 aliphatic rings. The van der Waals surface area contributed by atoms with E-state index in [-0.39, 0.29) is 23.8 Å². The lowest BCUT2D eigenvalue weighted by molar-refractivity contribution is -0.141. The van der Waals surface area contributed by atoms with Crippen LogP contribution in [0.4, 0.5) is 5.69 Å². The highest BCUT2D eigenvalue weighted by Gasteiger charge is 2.33. The molecule has 26 heavy (non-hydrogen) atoms. The van der Waals surface area contributed by atoms with E-state index in [0.717, 1.165) is 11.3 Å². The molecule has 8 heteroatoms. The van der Waals surface area contributed by atoms with Gasteiger partial charge in [-0.3, -0.25) is 9.59 Å². The summed E-state index contributed by atoms with van der Waals surface area (Å²) >= 11 is 0. The minimum atomic E-state index is -0.337. The number of hydrogen-bond acceptors (Lipinski definition) is 6. The van der Waals surface area contributed by atoms with Crippen molar-refractivity contribution >= 4 is 17.5 Å². The Morgan fingerprint density at radius 2 is 2.23 bits per heavy atom. The van der Waals surface area contributed by atoms with Crippen LogP contribution in [0.2, 0.25) is 0 Å². The third-order valence-corrected chi connectivity index (χ3v) is 4.94. The number of benzene rings is 1. The Labute approximate surface area is 150 Å². The van der Waals surface area contributed by atoms with Gasteiger partial charge in [-0.05, 0) is 24.5 Å². The van der Waals surface area contributed by atoms with Crippen LogP contribution in [0, 0.1) is 5.92 Å². The van der Waals surface area contributed by atoms with Crippen molar-refractivity contribution in [3.05, 3.63) is 42.0 Å². The first-order valence-electron chi connectivity index (χ1n) is 8.74. The van der Waals surface area contributed by atoms with Crippen molar-refractivity contribution in [2.45, 2.75) is 25.3 Å². The minimum Gasteiger partial charge on any atom is -0.377 e. The van der Waals surface area contributed by atoms with Crippen LogP contribution in [-0.2, 0) is 20.7 Å². The molecule has 1 N–H and O–H groups in total. The number of carbonyl (C=O) groups excluding carboxylic acids is 2. The van der Waals surface area contributed by atoms with Gasteiger partial charge in [0.25, 0.3) is 0 Å². The monoisotopic (exact) mass is 356 g/mol. The molecule has 0 saturated carbocycles. The number of anilines is 1. The van der Waals surface area contributed by atoms with Crippen LogP contribution in [0.3, 0.4) is 0 Å². The Hall–Kier alpha value is -2.74. The number of hydrogen-bond donors (Lipinski definition) is 1. The zero-order valence-electron chi connectivity index (χ0n) is 14.3. The normalized spacial score (nSPS) is 22.6. The first kappa shape index (κ1) is 16.7. The molecule has 8 nitrogen and oxygen atoms in total. The van der Waals surface area contributed by atoms with Crippen molar-refractivity contribution in [3.8, 4) is 0 Å². The molecule has 1 aromatic carbocycles. The maximum Gasteiger partial charge on any atom is 0.227 e. The number of ether oxygens (including phenoxy) is 1. The lowest BCUT2D eigenvalue weighted by Gasteiger charge is -2.34. The van der Waals surface area contributed by atoms with Crippen LogP contribution in [-0.4, -0.2) is 46.6 Å². The fourth-order valence-corrected chi connectivity index (χ4v) is 3.53. The van der Waals surface area contributed by atoms with Gasteiger partial charge in [-0.1, -0.05) is 23.4 Å². The molecule has 1 aromatic heterocycles. The third kappa shape index (κ3) is 3.32. The van der Waals surface area contributed by atoms with Gasteiger partial charge in [-0.15, -0.1) is 0 Å². The Bertz CT molecular complexity index is 792. The molecular weight excluding hydrogens is 336 g/mol. The van der Waals surface area contributed by atoms with Gasteiger partial charge < -0.3 is 19.5 Å². The number of para-hydroxylation sites is 1. The van der Waals surface area contributed by atoms with E-state index in [1.165, 1.54) is 6.39 Å². The summed E-state index contributed by atoms with van der Waals surface area (Å²) in [6.07, 6.45) is 2.72. The van der Waals surface area contributed by atoms with E-state index in [2.05, 4.69) is 15.5 Å². The van der Waals surface area contributed by atoms with E-state index in [0.29, 0.717) is 44.8 Å². The average molecular weight is 356 g/mol. The molecule has 2 aliphatic heterocycles. The third-order valence-electron chi connectivity index (χ3n) is 4.94. The van der Waals surface area contributed by atoms with Crippen LogP contribution in [0.15, 0.2) is 35.2 Å². The highest BCUT2D eigenvalue weighted by atomic mass is 16.5. The zero-order chi connectivity index (χ0) is 17.9. The largest absolute Gasteiger partial charge is 0.377 e. The first-order valence-corrected chi connectivity index (χ1v) is 8.74. The summed E-state index contributed by atoms with van der Waals surface area (Å²) in [5.74, 6) is 0.212. The van der Waals surface area contributed by atoms with Gasteiger partial charge in [0.15, 0.2) is 5.82 Å². The fourth-order valence-electron chi connectivity index (χ4n) is 3.53. The quantitative estimate of drug-likeness (QED) is 0.893. The summed E-state index contributed by atoms with van der Waals surface area (Å²) < 4.78 is 10.2. The van der Waals surface area contributed by atoms with Crippen LogP contribution < -0.4 is 5.32 Å². The number of amides is 2. The molecule has 3 heterocycles. The number of rotatable bonds is 4. The molecular formula is C18H20N4O4. The predicted molar refractivity (Wildman–Crippen MR) is 91.1 cm³/mol. The predicted octanol–water partition coefficient (Wildman–Crippen LogP) is 1.56. The fraction of sp³-hybridized carbons (Fsp3) is 0.444. The lowest BCUT2D eigenvalue weighted by Crippen LogP contribution is -2.44. The molecule has 0 bridgehead atoms. The summed E-state index contributed by atoms with van der Waals surface area (Å²) in [6, 6.07) is 7.44. The van der Waals surface area contributed by atoms with Gasteiger partial charge in [0.1, 0.15) is 6.04 Å².